The van der Waals surface area contributed by atoms with Crippen LogP contribution in [0.3, 0.4) is 0 Å². The van der Waals surface area contributed by atoms with Crippen LogP contribution in [0.2, 0.25) is 5.02 Å². The highest BCUT2D eigenvalue weighted by Gasteiger charge is 2.34. The van der Waals surface area contributed by atoms with Gasteiger partial charge in [0.25, 0.3) is 0 Å². The minimum absolute atomic E-state index is 0.00326. The molecule has 1 aromatic heterocycles. The van der Waals surface area contributed by atoms with Crippen molar-refractivity contribution in [1.29, 1.82) is 0 Å². The fraction of sp³-hybridized carbons (Fsp3) is 0.400. The van der Waals surface area contributed by atoms with Crippen molar-refractivity contribution in [2.24, 2.45) is 4.99 Å². The molecule has 1 N–H and O–H groups in total. The SMILES string of the molecule is C/N=C\N1CC[C@@H](NC(=O)N2CC(c3ccnc(-c4ccc(Cl)cc4)n3)C2)C1. The number of halogens is 1. The fourth-order valence-corrected chi connectivity index (χ4v) is 3.73. The van der Waals surface area contributed by atoms with E-state index in [2.05, 4.69) is 25.2 Å². The molecule has 0 spiro atoms. The molecule has 2 aliphatic rings. The third-order valence-electron chi connectivity index (χ3n) is 5.19. The van der Waals surface area contributed by atoms with E-state index in [0.29, 0.717) is 23.9 Å². The predicted octanol–water partition coefficient (Wildman–Crippen LogP) is 2.64. The molecule has 0 unspecified atom stereocenters. The Morgan fingerprint density at radius 2 is 2.04 bits per heavy atom. The molecule has 0 bridgehead atoms. The minimum Gasteiger partial charge on any atom is -0.361 e. The Hall–Kier alpha value is -2.67. The van der Waals surface area contributed by atoms with Crippen LogP contribution in [0.25, 0.3) is 11.4 Å². The number of carbonyl (C=O) groups is 1. The van der Waals surface area contributed by atoms with E-state index >= 15 is 0 Å². The summed E-state index contributed by atoms with van der Waals surface area (Å²) in [5.74, 6) is 0.924. The van der Waals surface area contributed by atoms with Gasteiger partial charge in [0.15, 0.2) is 5.82 Å². The van der Waals surface area contributed by atoms with Crippen molar-refractivity contribution in [2.45, 2.75) is 18.4 Å². The lowest BCUT2D eigenvalue weighted by Gasteiger charge is -2.39. The van der Waals surface area contributed by atoms with Gasteiger partial charge < -0.3 is 15.1 Å². The largest absolute Gasteiger partial charge is 0.361 e. The van der Waals surface area contributed by atoms with Gasteiger partial charge in [0.05, 0.1) is 12.0 Å². The lowest BCUT2D eigenvalue weighted by molar-refractivity contribution is 0.147. The second-order valence-electron chi connectivity index (χ2n) is 7.22. The maximum atomic E-state index is 12.5. The Morgan fingerprint density at radius 1 is 1.25 bits per heavy atom. The molecule has 7 nitrogen and oxygen atoms in total. The van der Waals surface area contributed by atoms with Gasteiger partial charge in [-0.25, -0.2) is 14.8 Å². The van der Waals surface area contributed by atoms with Crippen LogP contribution in [-0.2, 0) is 0 Å². The number of carbonyl (C=O) groups excluding carboxylic acids is 1. The average Bonchev–Trinajstić information content (AvgIpc) is 3.08. The highest BCUT2D eigenvalue weighted by molar-refractivity contribution is 6.30. The third-order valence-corrected chi connectivity index (χ3v) is 5.44. The highest BCUT2D eigenvalue weighted by Crippen LogP contribution is 2.27. The topological polar surface area (TPSA) is 73.7 Å². The lowest BCUT2D eigenvalue weighted by atomic mass is 9.96. The first-order valence-electron chi connectivity index (χ1n) is 9.43. The average molecular weight is 399 g/mol. The van der Waals surface area contributed by atoms with Gasteiger partial charge in [-0.05, 0) is 36.8 Å². The number of aromatic nitrogens is 2. The Morgan fingerprint density at radius 3 is 2.79 bits per heavy atom. The summed E-state index contributed by atoms with van der Waals surface area (Å²) in [5, 5.41) is 3.81. The number of hydrogen-bond donors (Lipinski definition) is 1. The van der Waals surface area contributed by atoms with Crippen LogP contribution in [0, 0.1) is 0 Å². The van der Waals surface area contributed by atoms with E-state index in [9.17, 15) is 4.79 Å². The second-order valence-corrected chi connectivity index (χ2v) is 7.65. The van der Waals surface area contributed by atoms with Crippen LogP contribution in [-0.4, -0.2) is 71.4 Å². The molecule has 0 saturated carbocycles. The maximum Gasteiger partial charge on any atom is 0.317 e. The highest BCUT2D eigenvalue weighted by atomic mass is 35.5. The molecule has 4 rings (SSSR count). The van der Waals surface area contributed by atoms with Crippen molar-refractivity contribution in [3.63, 3.8) is 0 Å². The predicted molar refractivity (Wildman–Crippen MR) is 110 cm³/mol. The van der Waals surface area contributed by atoms with Crippen molar-refractivity contribution in [3.05, 3.63) is 47.2 Å². The molecule has 0 aliphatic carbocycles. The number of benzene rings is 1. The summed E-state index contributed by atoms with van der Waals surface area (Å²) in [6.45, 7) is 3.10. The number of likely N-dealkylation sites (tertiary alicyclic amines) is 2. The Balaban J connectivity index is 1.32. The molecule has 1 atom stereocenters. The van der Waals surface area contributed by atoms with E-state index in [1.165, 1.54) is 0 Å². The van der Waals surface area contributed by atoms with Gasteiger partial charge in [0.1, 0.15) is 0 Å². The molecule has 2 amide bonds. The van der Waals surface area contributed by atoms with E-state index in [0.717, 1.165) is 30.8 Å². The summed E-state index contributed by atoms with van der Waals surface area (Å²) in [7, 11) is 1.76. The summed E-state index contributed by atoms with van der Waals surface area (Å²) in [4.78, 5) is 29.5. The second kappa shape index (κ2) is 8.14. The number of hydrogen-bond acceptors (Lipinski definition) is 4. The number of nitrogens with one attached hydrogen (secondary N) is 1. The summed E-state index contributed by atoms with van der Waals surface area (Å²) in [6, 6.07) is 9.60. The van der Waals surface area contributed by atoms with Gasteiger partial charge in [-0.2, -0.15) is 0 Å². The number of aliphatic imine (C=N–C) groups is 1. The monoisotopic (exact) mass is 398 g/mol. The van der Waals surface area contributed by atoms with Gasteiger partial charge in [-0.3, -0.25) is 4.99 Å². The van der Waals surface area contributed by atoms with Crippen LogP contribution >= 0.6 is 11.6 Å². The van der Waals surface area contributed by atoms with E-state index in [-0.39, 0.29) is 18.0 Å². The molecule has 2 aromatic rings. The van der Waals surface area contributed by atoms with Gasteiger partial charge in [0, 0.05) is 62.0 Å². The summed E-state index contributed by atoms with van der Waals surface area (Å²) < 4.78 is 0. The number of rotatable bonds is 4. The van der Waals surface area contributed by atoms with Crippen LogP contribution in [0.1, 0.15) is 18.0 Å². The molecule has 28 heavy (non-hydrogen) atoms. The van der Waals surface area contributed by atoms with Crippen molar-refractivity contribution >= 4 is 24.0 Å². The van der Waals surface area contributed by atoms with Crippen molar-refractivity contribution < 1.29 is 4.79 Å². The van der Waals surface area contributed by atoms with Crippen LogP contribution < -0.4 is 5.32 Å². The normalized spacial score (nSPS) is 19.9. The van der Waals surface area contributed by atoms with Gasteiger partial charge in [-0.1, -0.05) is 11.6 Å². The minimum atomic E-state index is 0.00326. The van der Waals surface area contributed by atoms with Crippen LogP contribution in [0.5, 0.6) is 0 Å². The Labute approximate surface area is 169 Å². The van der Waals surface area contributed by atoms with E-state index in [1.54, 1.807) is 13.2 Å². The number of amides is 2. The van der Waals surface area contributed by atoms with E-state index in [4.69, 9.17) is 11.6 Å². The van der Waals surface area contributed by atoms with Gasteiger partial charge >= 0.3 is 6.03 Å². The standard InChI is InChI=1S/C20H23ClN6O/c1-22-13-26-9-7-17(12-26)24-20(28)27-10-15(11-27)18-6-8-23-19(25-18)14-2-4-16(21)5-3-14/h2-6,8,13,15,17H,7,9-12H2,1H3,(H,24,28)/b22-13-/t17-/m1/s1. The quantitative estimate of drug-likeness (QED) is 0.634. The molecule has 2 saturated heterocycles. The molecule has 1 aromatic carbocycles. The number of urea groups is 1. The first kappa shape index (κ1) is 18.7. The molecule has 0 radical (unpaired) electrons. The van der Waals surface area contributed by atoms with Crippen molar-refractivity contribution in [2.75, 3.05) is 33.2 Å². The zero-order chi connectivity index (χ0) is 19.5. The fourth-order valence-electron chi connectivity index (χ4n) is 3.61. The third kappa shape index (κ3) is 4.09. The van der Waals surface area contributed by atoms with Gasteiger partial charge in [0.2, 0.25) is 0 Å². The number of nitrogens with zero attached hydrogens (tertiary/aromatic N) is 5. The first-order valence-corrected chi connectivity index (χ1v) is 9.81. The molecule has 2 fully saturated rings. The molecule has 3 heterocycles. The summed E-state index contributed by atoms with van der Waals surface area (Å²) in [6.07, 6.45) is 4.56. The van der Waals surface area contributed by atoms with Crippen molar-refractivity contribution in [1.82, 2.24) is 25.1 Å². The van der Waals surface area contributed by atoms with E-state index in [1.807, 2.05) is 41.6 Å². The zero-order valence-corrected chi connectivity index (χ0v) is 16.5. The van der Waals surface area contributed by atoms with Gasteiger partial charge in [-0.15, -0.1) is 0 Å². The molecule has 146 valence electrons. The first-order chi connectivity index (χ1) is 13.6. The zero-order valence-electron chi connectivity index (χ0n) is 15.8. The Kier molecular flexibility index (Phi) is 5.43. The molecular formula is C20H23ClN6O. The lowest BCUT2D eigenvalue weighted by Crippen LogP contribution is -2.55. The maximum absolute atomic E-state index is 12.5. The summed E-state index contributed by atoms with van der Waals surface area (Å²) in [5.41, 5.74) is 1.90. The molecular weight excluding hydrogens is 376 g/mol. The smallest absolute Gasteiger partial charge is 0.317 e. The molecule has 2 aliphatic heterocycles. The van der Waals surface area contributed by atoms with Crippen molar-refractivity contribution in [3.8, 4) is 11.4 Å². The summed E-state index contributed by atoms with van der Waals surface area (Å²) >= 11 is 5.95. The Bertz CT molecular complexity index is 865. The molecule has 8 heteroatoms. The van der Waals surface area contributed by atoms with Crippen LogP contribution in [0.15, 0.2) is 41.5 Å². The van der Waals surface area contributed by atoms with Crippen LogP contribution in [0.4, 0.5) is 4.79 Å². The van der Waals surface area contributed by atoms with E-state index < -0.39 is 0 Å².